The lowest BCUT2D eigenvalue weighted by Gasteiger charge is -2.14. The molecule has 0 bridgehead atoms. The number of aromatic nitrogens is 4. The average Bonchev–Trinajstić information content (AvgIpc) is 2.90. The van der Waals surface area contributed by atoms with E-state index >= 15 is 0 Å². The summed E-state index contributed by atoms with van der Waals surface area (Å²) in [7, 11) is 1.90. The van der Waals surface area contributed by atoms with Gasteiger partial charge in [0.1, 0.15) is 0 Å². The van der Waals surface area contributed by atoms with Crippen LogP contribution in [-0.2, 0) is 7.05 Å². The SMILES string of the molecule is Cc1nn(C)cc1NC(C)c1ccc2[nH]c(=O)[nH]c2c1. The highest BCUT2D eigenvalue weighted by molar-refractivity contribution is 5.75. The first-order valence-electron chi connectivity index (χ1n) is 6.51. The van der Waals surface area contributed by atoms with Gasteiger partial charge in [0.2, 0.25) is 0 Å². The van der Waals surface area contributed by atoms with Crippen LogP contribution in [0.5, 0.6) is 0 Å². The molecule has 104 valence electrons. The van der Waals surface area contributed by atoms with Gasteiger partial charge >= 0.3 is 5.69 Å². The van der Waals surface area contributed by atoms with Crippen LogP contribution in [0.4, 0.5) is 5.69 Å². The maximum absolute atomic E-state index is 11.3. The fraction of sp³-hybridized carbons (Fsp3) is 0.286. The number of nitrogens with one attached hydrogen (secondary N) is 3. The lowest BCUT2D eigenvalue weighted by atomic mass is 10.1. The molecule has 0 spiro atoms. The molecule has 0 fully saturated rings. The molecule has 0 saturated carbocycles. The highest BCUT2D eigenvalue weighted by atomic mass is 16.1. The van der Waals surface area contributed by atoms with Crippen molar-refractivity contribution in [2.24, 2.45) is 7.05 Å². The molecule has 2 aromatic heterocycles. The van der Waals surface area contributed by atoms with Crippen LogP contribution in [0.1, 0.15) is 24.2 Å². The Kier molecular flexibility index (Phi) is 2.85. The van der Waals surface area contributed by atoms with Crippen molar-refractivity contribution >= 4 is 16.7 Å². The van der Waals surface area contributed by atoms with Crippen LogP contribution in [0.25, 0.3) is 11.0 Å². The largest absolute Gasteiger partial charge is 0.376 e. The van der Waals surface area contributed by atoms with Crippen LogP contribution < -0.4 is 11.0 Å². The van der Waals surface area contributed by atoms with Crippen molar-refractivity contribution in [2.75, 3.05) is 5.32 Å². The van der Waals surface area contributed by atoms with Crippen LogP contribution >= 0.6 is 0 Å². The van der Waals surface area contributed by atoms with E-state index in [-0.39, 0.29) is 11.7 Å². The van der Waals surface area contributed by atoms with Gasteiger partial charge in [0, 0.05) is 19.3 Å². The van der Waals surface area contributed by atoms with E-state index in [1.54, 1.807) is 4.68 Å². The van der Waals surface area contributed by atoms with Gasteiger partial charge in [-0.3, -0.25) is 4.68 Å². The summed E-state index contributed by atoms with van der Waals surface area (Å²) < 4.78 is 1.79. The summed E-state index contributed by atoms with van der Waals surface area (Å²) in [6.45, 7) is 4.06. The summed E-state index contributed by atoms with van der Waals surface area (Å²) in [5.74, 6) is 0. The first-order valence-corrected chi connectivity index (χ1v) is 6.51. The van der Waals surface area contributed by atoms with E-state index in [0.717, 1.165) is 28.0 Å². The van der Waals surface area contributed by atoms with Crippen molar-refractivity contribution in [3.05, 3.63) is 46.1 Å². The van der Waals surface area contributed by atoms with Crippen LogP contribution in [-0.4, -0.2) is 19.7 Å². The minimum atomic E-state index is -0.180. The second kappa shape index (κ2) is 4.56. The van der Waals surface area contributed by atoms with Gasteiger partial charge in [-0.1, -0.05) is 6.07 Å². The van der Waals surface area contributed by atoms with Crippen LogP contribution in [0, 0.1) is 6.92 Å². The molecule has 6 heteroatoms. The molecule has 1 aromatic carbocycles. The molecule has 20 heavy (non-hydrogen) atoms. The smallest absolute Gasteiger partial charge is 0.323 e. The summed E-state index contributed by atoms with van der Waals surface area (Å²) >= 11 is 0. The normalized spacial score (nSPS) is 12.8. The predicted octanol–water partition coefficient (Wildman–Crippen LogP) is 2.07. The number of aryl methyl sites for hydroxylation is 2. The minimum Gasteiger partial charge on any atom is -0.376 e. The Morgan fingerprint density at radius 2 is 2.05 bits per heavy atom. The number of benzene rings is 1. The van der Waals surface area contributed by atoms with E-state index in [4.69, 9.17) is 0 Å². The Morgan fingerprint density at radius 1 is 1.30 bits per heavy atom. The van der Waals surface area contributed by atoms with Gasteiger partial charge in [-0.15, -0.1) is 0 Å². The predicted molar refractivity (Wildman–Crippen MR) is 78.9 cm³/mol. The number of rotatable bonds is 3. The third-order valence-electron chi connectivity index (χ3n) is 3.43. The van der Waals surface area contributed by atoms with Crippen molar-refractivity contribution in [3.8, 4) is 0 Å². The van der Waals surface area contributed by atoms with E-state index in [0.29, 0.717) is 0 Å². The number of fused-ring (bicyclic) bond motifs is 1. The Balaban J connectivity index is 1.89. The van der Waals surface area contributed by atoms with Gasteiger partial charge in [0.05, 0.1) is 22.4 Å². The number of H-pyrrole nitrogens is 2. The van der Waals surface area contributed by atoms with Gasteiger partial charge in [-0.05, 0) is 31.5 Å². The number of hydrogen-bond acceptors (Lipinski definition) is 3. The van der Waals surface area contributed by atoms with Gasteiger partial charge < -0.3 is 15.3 Å². The molecule has 6 nitrogen and oxygen atoms in total. The monoisotopic (exact) mass is 271 g/mol. The minimum absolute atomic E-state index is 0.126. The molecule has 0 aliphatic carbocycles. The zero-order chi connectivity index (χ0) is 14.3. The zero-order valence-corrected chi connectivity index (χ0v) is 11.7. The van der Waals surface area contributed by atoms with Crippen molar-refractivity contribution in [3.63, 3.8) is 0 Å². The molecule has 0 aliphatic heterocycles. The maximum atomic E-state index is 11.3. The standard InChI is InChI=1S/C14H17N5O/c1-8(15-13-7-19(3)18-9(13)2)10-4-5-11-12(6-10)17-14(20)16-11/h4-8,15H,1-3H3,(H2,16,17,20). The van der Waals surface area contributed by atoms with Gasteiger partial charge in [0.25, 0.3) is 0 Å². The molecule has 0 aliphatic rings. The Labute approximate surface area is 115 Å². The van der Waals surface area contributed by atoms with Gasteiger partial charge in [0.15, 0.2) is 0 Å². The Bertz CT molecular complexity index is 810. The summed E-state index contributed by atoms with van der Waals surface area (Å²) in [6.07, 6.45) is 1.96. The van der Waals surface area contributed by atoms with E-state index < -0.39 is 0 Å². The van der Waals surface area contributed by atoms with E-state index in [1.165, 1.54) is 0 Å². The molecule has 3 aromatic rings. The third-order valence-corrected chi connectivity index (χ3v) is 3.43. The van der Waals surface area contributed by atoms with Crippen molar-refractivity contribution in [1.82, 2.24) is 19.7 Å². The molecule has 0 radical (unpaired) electrons. The lowest BCUT2D eigenvalue weighted by molar-refractivity contribution is 0.756. The average molecular weight is 271 g/mol. The van der Waals surface area contributed by atoms with Crippen LogP contribution in [0.3, 0.4) is 0 Å². The highest BCUT2D eigenvalue weighted by Gasteiger charge is 2.10. The molecule has 0 amide bonds. The third kappa shape index (κ3) is 2.20. The summed E-state index contributed by atoms with van der Waals surface area (Å²) in [5.41, 5.74) is 4.56. The number of hydrogen-bond donors (Lipinski definition) is 3. The number of nitrogens with zero attached hydrogens (tertiary/aromatic N) is 2. The first-order chi connectivity index (χ1) is 9.52. The highest BCUT2D eigenvalue weighted by Crippen LogP contribution is 2.22. The van der Waals surface area contributed by atoms with E-state index in [9.17, 15) is 4.79 Å². The van der Waals surface area contributed by atoms with E-state index in [1.807, 2.05) is 38.4 Å². The van der Waals surface area contributed by atoms with Gasteiger partial charge in [-0.25, -0.2) is 4.79 Å². The van der Waals surface area contributed by atoms with Crippen molar-refractivity contribution in [1.29, 1.82) is 0 Å². The summed E-state index contributed by atoms with van der Waals surface area (Å²) in [4.78, 5) is 16.8. The molecule has 1 atom stereocenters. The van der Waals surface area contributed by atoms with E-state index in [2.05, 4.69) is 27.3 Å². The zero-order valence-electron chi connectivity index (χ0n) is 11.7. The van der Waals surface area contributed by atoms with Crippen LogP contribution in [0.15, 0.2) is 29.2 Å². The second-order valence-electron chi connectivity index (χ2n) is 5.05. The molecular weight excluding hydrogens is 254 g/mol. The molecular formula is C14H17N5O. The maximum Gasteiger partial charge on any atom is 0.323 e. The fourth-order valence-corrected chi connectivity index (χ4v) is 2.38. The van der Waals surface area contributed by atoms with Crippen molar-refractivity contribution in [2.45, 2.75) is 19.9 Å². The Morgan fingerprint density at radius 3 is 2.75 bits per heavy atom. The Hall–Kier alpha value is -2.50. The van der Waals surface area contributed by atoms with Gasteiger partial charge in [-0.2, -0.15) is 5.10 Å². The number of imidazole rings is 1. The van der Waals surface area contributed by atoms with Crippen LogP contribution in [0.2, 0.25) is 0 Å². The summed E-state index contributed by atoms with van der Waals surface area (Å²) in [5, 5.41) is 7.75. The topological polar surface area (TPSA) is 78.5 Å². The molecule has 3 N–H and O–H groups in total. The molecule has 3 rings (SSSR count). The van der Waals surface area contributed by atoms with Crippen molar-refractivity contribution < 1.29 is 0 Å². The fourth-order valence-electron chi connectivity index (χ4n) is 2.38. The quantitative estimate of drug-likeness (QED) is 0.682. The number of aromatic amines is 2. The lowest BCUT2D eigenvalue weighted by Crippen LogP contribution is -2.06. The molecule has 1 unspecified atom stereocenters. The summed E-state index contributed by atoms with van der Waals surface area (Å²) in [6, 6.07) is 6.03. The molecule has 0 saturated heterocycles. The second-order valence-corrected chi connectivity index (χ2v) is 5.05. The molecule has 2 heterocycles. The first kappa shape index (κ1) is 12.5. The number of anilines is 1.